The van der Waals surface area contributed by atoms with Gasteiger partial charge in [0.15, 0.2) is 6.61 Å². The highest BCUT2D eigenvalue weighted by Crippen LogP contribution is 2.33. The smallest absolute Gasteiger partial charge is 0.262 e. The summed E-state index contributed by atoms with van der Waals surface area (Å²) in [5.74, 6) is -0.00822. The van der Waals surface area contributed by atoms with Crippen molar-refractivity contribution in [3.8, 4) is 5.75 Å². The van der Waals surface area contributed by atoms with Crippen molar-refractivity contribution in [2.24, 2.45) is 0 Å². The molecule has 4 nitrogen and oxygen atoms in total. The van der Waals surface area contributed by atoms with Gasteiger partial charge >= 0.3 is 0 Å². The van der Waals surface area contributed by atoms with E-state index in [4.69, 9.17) is 39.5 Å². The molecule has 1 unspecified atom stereocenters. The van der Waals surface area contributed by atoms with E-state index in [0.717, 1.165) is 5.56 Å². The fourth-order valence-electron chi connectivity index (χ4n) is 2.88. The largest absolute Gasteiger partial charge is 0.482 e. The fourth-order valence-corrected chi connectivity index (χ4v) is 3.71. The second kappa shape index (κ2) is 9.51. The van der Waals surface area contributed by atoms with Gasteiger partial charge in [-0.3, -0.25) is 4.79 Å². The number of carbonyl (C=O) groups is 1. The van der Waals surface area contributed by atoms with Crippen LogP contribution in [0.4, 0.5) is 5.69 Å². The van der Waals surface area contributed by atoms with Crippen LogP contribution in [0.3, 0.4) is 0 Å². The minimum absolute atomic E-state index is 0.258. The summed E-state index contributed by atoms with van der Waals surface area (Å²) in [4.78, 5) is 12.5. The molecule has 2 N–H and O–H groups in total. The molecule has 0 bridgehead atoms. The van der Waals surface area contributed by atoms with Crippen molar-refractivity contribution in [3.05, 3.63) is 92.4 Å². The van der Waals surface area contributed by atoms with Gasteiger partial charge in [-0.05, 0) is 48.4 Å². The lowest BCUT2D eigenvalue weighted by Gasteiger charge is -2.18. The van der Waals surface area contributed by atoms with Crippen LogP contribution in [0.2, 0.25) is 15.1 Å². The summed E-state index contributed by atoms with van der Waals surface area (Å²) < 4.78 is 5.57. The molecule has 1 atom stereocenters. The van der Waals surface area contributed by atoms with Gasteiger partial charge in [0.25, 0.3) is 5.91 Å². The Bertz CT molecular complexity index is 1000. The van der Waals surface area contributed by atoms with E-state index in [2.05, 4.69) is 5.32 Å². The van der Waals surface area contributed by atoms with Gasteiger partial charge in [-0.1, -0.05) is 65.1 Å². The molecule has 0 fully saturated rings. The molecular formula is C22H18Cl3NO3. The van der Waals surface area contributed by atoms with E-state index >= 15 is 0 Å². The molecule has 0 aliphatic rings. The maximum absolute atomic E-state index is 12.5. The molecule has 0 heterocycles. The van der Waals surface area contributed by atoms with Crippen molar-refractivity contribution in [1.82, 2.24) is 0 Å². The Morgan fingerprint density at radius 2 is 1.76 bits per heavy atom. The number of benzene rings is 3. The third kappa shape index (κ3) is 5.43. The first-order valence-electron chi connectivity index (χ1n) is 8.76. The molecule has 150 valence electrons. The molecule has 0 aliphatic carbocycles. The van der Waals surface area contributed by atoms with Crippen LogP contribution in [0.5, 0.6) is 5.75 Å². The standard InChI is InChI=1S/C22H18Cl3NO3/c1-13-9-16(24)11-18(25)22(13)29-12-20(27)26-19-8-7-15(23)10-17(19)21(28)14-5-3-2-4-6-14/h2-11,21,28H,12H2,1H3,(H,26,27). The normalized spacial score (nSPS) is 11.8. The first-order chi connectivity index (χ1) is 13.8. The summed E-state index contributed by atoms with van der Waals surface area (Å²) >= 11 is 18.2. The van der Waals surface area contributed by atoms with Crippen LogP contribution in [0.25, 0.3) is 0 Å². The van der Waals surface area contributed by atoms with Gasteiger partial charge in [0.2, 0.25) is 0 Å². The highest BCUT2D eigenvalue weighted by atomic mass is 35.5. The van der Waals surface area contributed by atoms with Gasteiger partial charge in [-0.25, -0.2) is 0 Å². The van der Waals surface area contributed by atoms with Crippen molar-refractivity contribution in [2.45, 2.75) is 13.0 Å². The van der Waals surface area contributed by atoms with Gasteiger partial charge < -0.3 is 15.2 Å². The van der Waals surface area contributed by atoms with Gasteiger partial charge in [0.1, 0.15) is 11.9 Å². The Hall–Kier alpha value is -2.24. The average molecular weight is 451 g/mol. The number of hydrogen-bond acceptors (Lipinski definition) is 3. The number of hydrogen-bond donors (Lipinski definition) is 2. The third-order valence-corrected chi connectivity index (χ3v) is 4.97. The summed E-state index contributed by atoms with van der Waals surface area (Å²) in [6, 6.07) is 17.3. The van der Waals surface area contributed by atoms with Gasteiger partial charge in [-0.15, -0.1) is 0 Å². The number of nitrogens with one attached hydrogen (secondary N) is 1. The van der Waals surface area contributed by atoms with E-state index in [9.17, 15) is 9.90 Å². The second-order valence-electron chi connectivity index (χ2n) is 6.42. The van der Waals surface area contributed by atoms with Crippen LogP contribution in [0.1, 0.15) is 22.8 Å². The van der Waals surface area contributed by atoms with Crippen molar-refractivity contribution in [3.63, 3.8) is 0 Å². The van der Waals surface area contributed by atoms with Crippen molar-refractivity contribution in [1.29, 1.82) is 0 Å². The predicted molar refractivity (Wildman–Crippen MR) is 117 cm³/mol. The van der Waals surface area contributed by atoms with Crippen LogP contribution in [-0.4, -0.2) is 17.6 Å². The van der Waals surface area contributed by atoms with Crippen molar-refractivity contribution < 1.29 is 14.6 Å². The van der Waals surface area contributed by atoms with E-state index in [1.807, 2.05) is 18.2 Å². The molecule has 1 amide bonds. The summed E-state index contributed by atoms with van der Waals surface area (Å²) in [6.07, 6.45) is -0.945. The summed E-state index contributed by atoms with van der Waals surface area (Å²) in [5, 5.41) is 14.8. The number of anilines is 1. The summed E-state index contributed by atoms with van der Waals surface area (Å²) in [5.41, 5.74) is 2.34. The van der Waals surface area contributed by atoms with Gasteiger partial charge in [0, 0.05) is 21.3 Å². The number of amides is 1. The lowest BCUT2D eigenvalue weighted by molar-refractivity contribution is -0.118. The molecule has 0 saturated carbocycles. The molecular weight excluding hydrogens is 433 g/mol. The molecule has 3 rings (SSSR count). The topological polar surface area (TPSA) is 58.6 Å². The Labute approximate surface area is 184 Å². The summed E-state index contributed by atoms with van der Waals surface area (Å²) in [6.45, 7) is 1.53. The number of carbonyl (C=O) groups excluding carboxylic acids is 1. The van der Waals surface area contributed by atoms with Crippen LogP contribution in [0, 0.1) is 6.92 Å². The summed E-state index contributed by atoms with van der Waals surface area (Å²) in [7, 11) is 0. The van der Waals surface area contributed by atoms with E-state index in [1.165, 1.54) is 0 Å². The van der Waals surface area contributed by atoms with Crippen LogP contribution in [-0.2, 0) is 4.79 Å². The number of aliphatic hydroxyl groups excluding tert-OH is 1. The number of halogens is 3. The average Bonchev–Trinajstić information content (AvgIpc) is 2.68. The predicted octanol–water partition coefficient (Wildman–Crippen LogP) is 6.05. The van der Waals surface area contributed by atoms with Crippen LogP contribution >= 0.6 is 34.8 Å². The third-order valence-electron chi connectivity index (χ3n) is 4.24. The van der Waals surface area contributed by atoms with E-state index < -0.39 is 12.0 Å². The molecule has 29 heavy (non-hydrogen) atoms. The molecule has 3 aromatic rings. The molecule has 7 heteroatoms. The molecule has 3 aromatic carbocycles. The van der Waals surface area contributed by atoms with Crippen molar-refractivity contribution >= 4 is 46.4 Å². The minimum Gasteiger partial charge on any atom is -0.482 e. The maximum atomic E-state index is 12.5. The van der Waals surface area contributed by atoms with Gasteiger partial charge in [0.05, 0.1) is 5.02 Å². The monoisotopic (exact) mass is 449 g/mol. The van der Waals surface area contributed by atoms with E-state index in [-0.39, 0.29) is 6.61 Å². The minimum atomic E-state index is -0.945. The molecule has 0 aliphatic heterocycles. The second-order valence-corrected chi connectivity index (χ2v) is 7.70. The van der Waals surface area contributed by atoms with Crippen molar-refractivity contribution in [2.75, 3.05) is 11.9 Å². The lowest BCUT2D eigenvalue weighted by atomic mass is 10.00. The first-order valence-corrected chi connectivity index (χ1v) is 9.89. The van der Waals surface area contributed by atoms with E-state index in [0.29, 0.717) is 37.6 Å². The molecule has 0 spiro atoms. The molecule has 0 radical (unpaired) electrons. The maximum Gasteiger partial charge on any atom is 0.262 e. The fraction of sp³-hybridized carbons (Fsp3) is 0.136. The highest BCUT2D eigenvalue weighted by Gasteiger charge is 2.17. The zero-order chi connectivity index (χ0) is 21.0. The quantitative estimate of drug-likeness (QED) is 0.480. The number of aryl methyl sites for hydroxylation is 1. The Kier molecular flexibility index (Phi) is 7.04. The van der Waals surface area contributed by atoms with Crippen LogP contribution in [0.15, 0.2) is 60.7 Å². The zero-order valence-corrected chi connectivity index (χ0v) is 17.7. The molecule has 0 aromatic heterocycles. The Balaban J connectivity index is 1.76. The number of rotatable bonds is 6. The number of ether oxygens (including phenoxy) is 1. The molecule has 0 saturated heterocycles. The lowest BCUT2D eigenvalue weighted by Crippen LogP contribution is -2.21. The Morgan fingerprint density at radius 3 is 2.45 bits per heavy atom. The van der Waals surface area contributed by atoms with E-state index in [1.54, 1.807) is 49.4 Å². The highest BCUT2D eigenvalue weighted by molar-refractivity contribution is 6.35. The SMILES string of the molecule is Cc1cc(Cl)cc(Cl)c1OCC(=O)Nc1ccc(Cl)cc1C(O)c1ccccc1. The first kappa shape index (κ1) is 21.5. The Morgan fingerprint density at radius 1 is 1.03 bits per heavy atom. The van der Waals surface area contributed by atoms with Gasteiger partial charge in [-0.2, -0.15) is 0 Å². The van der Waals surface area contributed by atoms with Crippen LogP contribution < -0.4 is 10.1 Å². The number of aliphatic hydroxyl groups is 1. The zero-order valence-electron chi connectivity index (χ0n) is 15.5.